The Morgan fingerprint density at radius 2 is 1.91 bits per heavy atom. The van der Waals surface area contributed by atoms with Gasteiger partial charge in [-0.25, -0.2) is 0 Å². The number of aliphatic carboxylic acids is 1. The van der Waals surface area contributed by atoms with Crippen molar-refractivity contribution in [3.63, 3.8) is 0 Å². The van der Waals surface area contributed by atoms with E-state index in [4.69, 9.17) is 18.9 Å². The third kappa shape index (κ3) is 3.58. The number of carbonyl (C=O) groups excluding carboxylic acids is 1. The van der Waals surface area contributed by atoms with Gasteiger partial charge in [0.15, 0.2) is 11.5 Å². The quantitative estimate of drug-likeness (QED) is 0.755. The number of hydrogen-bond acceptors (Lipinski definition) is 6. The zero-order valence-electron chi connectivity index (χ0n) is 19.1. The van der Waals surface area contributed by atoms with E-state index in [-0.39, 0.29) is 24.2 Å². The van der Waals surface area contributed by atoms with Crippen LogP contribution >= 0.6 is 0 Å². The average Bonchev–Trinajstić information content (AvgIpc) is 3.19. The van der Waals surface area contributed by atoms with Gasteiger partial charge in [0.05, 0.1) is 18.2 Å². The average molecular weight is 453 g/mol. The predicted molar refractivity (Wildman–Crippen MR) is 119 cm³/mol. The Kier molecular flexibility index (Phi) is 5.01. The fourth-order valence-corrected chi connectivity index (χ4v) is 4.79. The second-order valence-corrected chi connectivity index (χ2v) is 9.79. The van der Waals surface area contributed by atoms with Gasteiger partial charge in [-0.2, -0.15) is 0 Å². The number of para-hydroxylation sites is 1. The molecule has 33 heavy (non-hydrogen) atoms. The number of carboxylic acids is 1. The lowest BCUT2D eigenvalue weighted by Gasteiger charge is -2.44. The Morgan fingerprint density at radius 3 is 2.64 bits per heavy atom. The van der Waals surface area contributed by atoms with Crippen molar-refractivity contribution in [3.05, 3.63) is 47.0 Å². The van der Waals surface area contributed by atoms with Gasteiger partial charge in [-0.05, 0) is 30.0 Å². The van der Waals surface area contributed by atoms with Gasteiger partial charge in [-0.15, -0.1) is 0 Å². The third-order valence-corrected chi connectivity index (χ3v) is 6.36. The molecule has 0 fully saturated rings. The highest BCUT2D eigenvalue weighted by Gasteiger charge is 2.48. The first-order valence-corrected chi connectivity index (χ1v) is 11.0. The zero-order chi connectivity index (χ0) is 23.5. The molecule has 2 aromatic carbocycles. The van der Waals surface area contributed by atoms with Crippen LogP contribution in [0.3, 0.4) is 0 Å². The van der Waals surface area contributed by atoms with E-state index in [1.54, 1.807) is 11.0 Å². The number of carboxylic acid groups (broad SMARTS) is 1. The van der Waals surface area contributed by atoms with E-state index in [1.165, 1.54) is 0 Å². The topological polar surface area (TPSA) is 94.5 Å². The number of benzene rings is 2. The molecule has 2 aromatic rings. The lowest BCUT2D eigenvalue weighted by molar-refractivity contribution is -0.147. The summed E-state index contributed by atoms with van der Waals surface area (Å²) in [6, 6.07) is 9.07. The molecule has 0 bridgehead atoms. The van der Waals surface area contributed by atoms with E-state index >= 15 is 0 Å². The van der Waals surface area contributed by atoms with Crippen LogP contribution in [0, 0.1) is 12.3 Å². The van der Waals surface area contributed by atoms with Crippen LogP contribution in [0.25, 0.3) is 0 Å². The summed E-state index contributed by atoms with van der Waals surface area (Å²) in [7, 11) is 0. The van der Waals surface area contributed by atoms with Crippen molar-refractivity contribution in [1.29, 1.82) is 0 Å². The fourth-order valence-electron chi connectivity index (χ4n) is 4.79. The number of amides is 1. The van der Waals surface area contributed by atoms with Crippen molar-refractivity contribution in [2.24, 2.45) is 5.41 Å². The summed E-state index contributed by atoms with van der Waals surface area (Å²) in [5.41, 5.74) is 2.69. The second kappa shape index (κ2) is 7.66. The molecular weight excluding hydrogens is 426 g/mol. The molecule has 174 valence electrons. The Morgan fingerprint density at radius 1 is 1.12 bits per heavy atom. The Balaban J connectivity index is 1.76. The number of carbonyl (C=O) groups is 2. The van der Waals surface area contributed by atoms with Gasteiger partial charge in [-0.1, -0.05) is 39.0 Å². The lowest BCUT2D eigenvalue weighted by atomic mass is 9.84. The van der Waals surface area contributed by atoms with E-state index in [0.717, 1.165) is 11.1 Å². The summed E-state index contributed by atoms with van der Waals surface area (Å²) in [6.45, 7) is 8.47. The van der Waals surface area contributed by atoms with Crippen molar-refractivity contribution >= 4 is 17.6 Å². The Bertz CT molecular complexity index is 1140. The first kappa shape index (κ1) is 21.6. The van der Waals surface area contributed by atoms with Gasteiger partial charge in [0.1, 0.15) is 24.6 Å². The Hall–Kier alpha value is -3.26. The molecule has 3 aliphatic heterocycles. The number of ether oxygens (including phenoxy) is 4. The van der Waals surface area contributed by atoms with Crippen LogP contribution in [0.15, 0.2) is 30.3 Å². The summed E-state index contributed by atoms with van der Waals surface area (Å²) >= 11 is 0. The highest BCUT2D eigenvalue weighted by Crippen LogP contribution is 2.51. The number of nitrogens with zero attached hydrogens (tertiary/aromatic N) is 1. The van der Waals surface area contributed by atoms with E-state index in [9.17, 15) is 14.7 Å². The SMILES string of the molecule is Cc1cc2c3c(c1)[C@@H](c1cccc4c1OCO4)O[C@H](CC(=O)O)C(=O)N3[C@H](C(C)(C)C)CO2. The van der Waals surface area contributed by atoms with Crippen LogP contribution in [0.4, 0.5) is 5.69 Å². The minimum atomic E-state index is -1.17. The fraction of sp³-hybridized carbons (Fsp3) is 0.440. The molecule has 0 unspecified atom stereocenters. The molecule has 8 heteroatoms. The van der Waals surface area contributed by atoms with Gasteiger partial charge in [-0.3, -0.25) is 14.5 Å². The lowest BCUT2D eigenvalue weighted by Crippen LogP contribution is -2.56. The second-order valence-electron chi connectivity index (χ2n) is 9.79. The summed E-state index contributed by atoms with van der Waals surface area (Å²) < 4.78 is 23.8. The third-order valence-electron chi connectivity index (χ3n) is 6.36. The van der Waals surface area contributed by atoms with Crippen LogP contribution in [-0.4, -0.2) is 42.5 Å². The van der Waals surface area contributed by atoms with E-state index < -0.39 is 24.6 Å². The maximum Gasteiger partial charge on any atom is 0.306 e. The highest BCUT2D eigenvalue weighted by atomic mass is 16.7. The van der Waals surface area contributed by atoms with Crippen LogP contribution < -0.4 is 19.1 Å². The molecule has 1 amide bonds. The summed E-state index contributed by atoms with van der Waals surface area (Å²) in [4.78, 5) is 27.3. The molecule has 0 aromatic heterocycles. The summed E-state index contributed by atoms with van der Waals surface area (Å²) in [6.07, 6.45) is -2.36. The molecule has 0 aliphatic carbocycles. The summed E-state index contributed by atoms with van der Waals surface area (Å²) in [5, 5.41) is 9.58. The number of rotatable bonds is 3. The maximum absolute atomic E-state index is 13.8. The number of fused-ring (bicyclic) bond motifs is 1. The molecule has 1 N–H and O–H groups in total. The molecule has 3 heterocycles. The molecule has 3 aliphatic rings. The minimum absolute atomic E-state index is 0.0871. The predicted octanol–water partition coefficient (Wildman–Crippen LogP) is 3.83. The highest BCUT2D eigenvalue weighted by molar-refractivity contribution is 6.02. The van der Waals surface area contributed by atoms with E-state index in [0.29, 0.717) is 35.1 Å². The molecular formula is C25H27NO7. The maximum atomic E-state index is 13.8. The molecule has 0 spiro atoms. The van der Waals surface area contributed by atoms with Crippen molar-refractivity contribution in [1.82, 2.24) is 0 Å². The Labute approximate surface area is 192 Å². The molecule has 5 rings (SSSR count). The van der Waals surface area contributed by atoms with Gasteiger partial charge < -0.3 is 24.1 Å². The normalized spacial score (nSPS) is 23.6. The number of anilines is 1. The monoisotopic (exact) mass is 453 g/mol. The summed E-state index contributed by atoms with van der Waals surface area (Å²) in [5.74, 6) is 0.237. The standard InChI is InChI=1S/C25H27NO7/c1-13-8-15-21-17(9-13)30-11-19(25(2,3)4)26(21)24(29)18(10-20(27)28)33-22(15)14-6-5-7-16-23(14)32-12-31-16/h5-9,18-19,22H,10-12H2,1-4H3,(H,27,28)/t18-,19+,22-/m1/s1. The van der Waals surface area contributed by atoms with Crippen molar-refractivity contribution in [2.45, 2.75) is 52.4 Å². The van der Waals surface area contributed by atoms with E-state index in [2.05, 4.69) is 0 Å². The number of aryl methyl sites for hydroxylation is 1. The smallest absolute Gasteiger partial charge is 0.306 e. The number of hydrogen-bond donors (Lipinski definition) is 1. The molecule has 0 saturated carbocycles. The molecule has 0 saturated heterocycles. The largest absolute Gasteiger partial charge is 0.489 e. The van der Waals surface area contributed by atoms with Gasteiger partial charge >= 0.3 is 5.97 Å². The molecule has 0 radical (unpaired) electrons. The first-order chi connectivity index (χ1) is 15.6. The zero-order valence-corrected chi connectivity index (χ0v) is 19.1. The van der Waals surface area contributed by atoms with E-state index in [1.807, 2.05) is 52.0 Å². The van der Waals surface area contributed by atoms with Gasteiger partial charge in [0.25, 0.3) is 5.91 Å². The van der Waals surface area contributed by atoms with Crippen LogP contribution in [-0.2, 0) is 14.3 Å². The van der Waals surface area contributed by atoms with Crippen molar-refractivity contribution in [2.75, 3.05) is 18.3 Å². The van der Waals surface area contributed by atoms with Crippen molar-refractivity contribution < 1.29 is 33.6 Å². The first-order valence-electron chi connectivity index (χ1n) is 11.0. The van der Waals surface area contributed by atoms with Crippen molar-refractivity contribution in [3.8, 4) is 17.2 Å². The van der Waals surface area contributed by atoms with Gasteiger partial charge in [0.2, 0.25) is 6.79 Å². The van der Waals surface area contributed by atoms with Crippen LogP contribution in [0.5, 0.6) is 17.2 Å². The molecule has 8 nitrogen and oxygen atoms in total. The van der Waals surface area contributed by atoms with Crippen LogP contribution in [0.2, 0.25) is 0 Å². The van der Waals surface area contributed by atoms with Crippen LogP contribution in [0.1, 0.15) is 50.0 Å². The minimum Gasteiger partial charge on any atom is -0.489 e. The molecule has 3 atom stereocenters. The van der Waals surface area contributed by atoms with Gasteiger partial charge in [0, 0.05) is 11.1 Å².